The Kier molecular flexibility index (Phi) is 4.75. The van der Waals surface area contributed by atoms with Gasteiger partial charge in [-0.25, -0.2) is 0 Å². The highest BCUT2D eigenvalue weighted by Gasteiger charge is 2.38. The molecule has 2 heterocycles. The van der Waals surface area contributed by atoms with Crippen LogP contribution in [0.1, 0.15) is 51.4 Å². The molecule has 3 aliphatic rings. The van der Waals surface area contributed by atoms with Gasteiger partial charge in [0.05, 0.1) is 6.04 Å². The number of piperidine rings is 1. The van der Waals surface area contributed by atoms with E-state index in [1.54, 1.807) is 0 Å². The van der Waals surface area contributed by atoms with Gasteiger partial charge >= 0.3 is 0 Å². The number of rotatable bonds is 3. The lowest BCUT2D eigenvalue weighted by Gasteiger charge is -2.27. The average molecular weight is 341 g/mol. The molecule has 3 unspecified atom stereocenters. The molecule has 2 amide bonds. The van der Waals surface area contributed by atoms with Crippen molar-refractivity contribution in [3.8, 4) is 0 Å². The molecule has 1 aliphatic carbocycles. The Morgan fingerprint density at radius 1 is 1.16 bits per heavy atom. The van der Waals surface area contributed by atoms with Crippen molar-refractivity contribution in [2.24, 2.45) is 5.92 Å². The van der Waals surface area contributed by atoms with Gasteiger partial charge in [0.15, 0.2) is 0 Å². The molecule has 0 bridgehead atoms. The number of carbonyl (C=O) groups is 2. The molecule has 4 rings (SSSR count). The lowest BCUT2D eigenvalue weighted by atomic mass is 9.85. The van der Waals surface area contributed by atoms with Gasteiger partial charge in [-0.3, -0.25) is 9.59 Å². The SMILES string of the molecule is O=C(Nc1cccc(N2CCCCC2=O)c1)C1CC2CCCCC2N1. The third-order valence-corrected chi connectivity index (χ3v) is 5.93. The number of carbonyl (C=O) groups excluding carboxylic acids is 2. The third kappa shape index (κ3) is 3.56. The van der Waals surface area contributed by atoms with Crippen LogP contribution in [-0.4, -0.2) is 30.4 Å². The molecule has 1 aromatic rings. The minimum atomic E-state index is -0.0895. The molecule has 1 aromatic carbocycles. The van der Waals surface area contributed by atoms with E-state index in [9.17, 15) is 9.59 Å². The maximum absolute atomic E-state index is 12.7. The Balaban J connectivity index is 1.41. The number of fused-ring (bicyclic) bond motifs is 1. The predicted octanol–water partition coefficient (Wildman–Crippen LogP) is 3.06. The second-order valence-corrected chi connectivity index (χ2v) is 7.65. The second kappa shape index (κ2) is 7.16. The van der Waals surface area contributed by atoms with Crippen LogP contribution < -0.4 is 15.5 Å². The number of benzene rings is 1. The van der Waals surface area contributed by atoms with Gasteiger partial charge in [-0.05, 0) is 56.2 Å². The zero-order valence-corrected chi connectivity index (χ0v) is 14.7. The van der Waals surface area contributed by atoms with Gasteiger partial charge in [0.2, 0.25) is 11.8 Å². The Hall–Kier alpha value is -1.88. The fourth-order valence-electron chi connectivity index (χ4n) is 4.58. The van der Waals surface area contributed by atoms with Gasteiger partial charge in [0.25, 0.3) is 0 Å². The first-order valence-corrected chi connectivity index (χ1v) is 9.68. The molecular formula is C20H27N3O2. The normalized spacial score (nSPS) is 29.4. The van der Waals surface area contributed by atoms with E-state index in [0.717, 1.165) is 37.2 Å². The summed E-state index contributed by atoms with van der Waals surface area (Å²) in [5, 5.41) is 6.57. The van der Waals surface area contributed by atoms with Crippen LogP contribution in [0.2, 0.25) is 0 Å². The van der Waals surface area contributed by atoms with E-state index in [4.69, 9.17) is 0 Å². The summed E-state index contributed by atoms with van der Waals surface area (Å²) in [5.41, 5.74) is 1.66. The minimum Gasteiger partial charge on any atom is -0.325 e. The summed E-state index contributed by atoms with van der Waals surface area (Å²) in [6, 6.07) is 8.10. The summed E-state index contributed by atoms with van der Waals surface area (Å²) in [7, 11) is 0. The first kappa shape index (κ1) is 16.6. The summed E-state index contributed by atoms with van der Waals surface area (Å²) >= 11 is 0. The molecular weight excluding hydrogens is 314 g/mol. The highest BCUT2D eigenvalue weighted by atomic mass is 16.2. The first-order valence-electron chi connectivity index (χ1n) is 9.68. The number of hydrogen-bond donors (Lipinski definition) is 2. The van der Waals surface area contributed by atoms with Gasteiger partial charge in [0.1, 0.15) is 0 Å². The topological polar surface area (TPSA) is 61.4 Å². The van der Waals surface area contributed by atoms with Crippen LogP contribution in [0.5, 0.6) is 0 Å². The average Bonchev–Trinajstić information content (AvgIpc) is 3.07. The zero-order valence-electron chi connectivity index (χ0n) is 14.7. The Labute approximate surface area is 149 Å². The van der Waals surface area contributed by atoms with E-state index in [0.29, 0.717) is 18.4 Å². The molecule has 1 saturated carbocycles. The summed E-state index contributed by atoms with van der Waals surface area (Å²) in [5.74, 6) is 0.884. The van der Waals surface area contributed by atoms with Gasteiger partial charge in [-0.15, -0.1) is 0 Å². The van der Waals surface area contributed by atoms with Crippen molar-refractivity contribution in [1.82, 2.24) is 5.32 Å². The Bertz CT molecular complexity index is 646. The summed E-state index contributed by atoms with van der Waals surface area (Å²) < 4.78 is 0. The molecule has 3 fully saturated rings. The Morgan fingerprint density at radius 3 is 2.88 bits per heavy atom. The summed E-state index contributed by atoms with van der Waals surface area (Å²) in [6.45, 7) is 0.768. The summed E-state index contributed by atoms with van der Waals surface area (Å²) in [4.78, 5) is 26.6. The van der Waals surface area contributed by atoms with Crippen LogP contribution in [-0.2, 0) is 9.59 Å². The molecule has 0 aromatic heterocycles. The van der Waals surface area contributed by atoms with Crippen LogP contribution in [0.4, 0.5) is 11.4 Å². The largest absolute Gasteiger partial charge is 0.325 e. The molecule has 2 aliphatic heterocycles. The maximum Gasteiger partial charge on any atom is 0.241 e. The molecule has 0 spiro atoms. The van der Waals surface area contributed by atoms with Crippen LogP contribution in [0.15, 0.2) is 24.3 Å². The fourth-order valence-corrected chi connectivity index (χ4v) is 4.58. The number of nitrogens with one attached hydrogen (secondary N) is 2. The van der Waals surface area contributed by atoms with E-state index in [1.807, 2.05) is 29.2 Å². The fraction of sp³-hybridized carbons (Fsp3) is 0.600. The van der Waals surface area contributed by atoms with Crippen molar-refractivity contribution in [3.05, 3.63) is 24.3 Å². The van der Waals surface area contributed by atoms with Gasteiger partial charge in [-0.1, -0.05) is 18.9 Å². The quantitative estimate of drug-likeness (QED) is 0.888. The monoisotopic (exact) mass is 341 g/mol. The van der Waals surface area contributed by atoms with Gasteiger partial charge in [-0.2, -0.15) is 0 Å². The van der Waals surface area contributed by atoms with Crippen LogP contribution >= 0.6 is 0 Å². The highest BCUT2D eigenvalue weighted by molar-refractivity contribution is 5.97. The smallest absolute Gasteiger partial charge is 0.241 e. The van der Waals surface area contributed by atoms with Gasteiger partial charge in [0, 0.05) is 30.4 Å². The molecule has 5 heteroatoms. The van der Waals surface area contributed by atoms with Gasteiger partial charge < -0.3 is 15.5 Å². The maximum atomic E-state index is 12.7. The van der Waals surface area contributed by atoms with Crippen molar-refractivity contribution < 1.29 is 9.59 Å². The molecule has 2 N–H and O–H groups in total. The first-order chi connectivity index (χ1) is 12.2. The van der Waals surface area contributed by atoms with E-state index in [-0.39, 0.29) is 17.9 Å². The molecule has 0 radical (unpaired) electrons. The third-order valence-electron chi connectivity index (χ3n) is 5.93. The molecule has 5 nitrogen and oxygen atoms in total. The summed E-state index contributed by atoms with van der Waals surface area (Å²) in [6.07, 6.45) is 8.58. The van der Waals surface area contributed by atoms with Crippen LogP contribution in [0, 0.1) is 5.92 Å². The molecule has 134 valence electrons. The van der Waals surface area contributed by atoms with Crippen molar-refractivity contribution in [1.29, 1.82) is 0 Å². The van der Waals surface area contributed by atoms with Crippen LogP contribution in [0.25, 0.3) is 0 Å². The minimum absolute atomic E-state index is 0.0523. The predicted molar refractivity (Wildman–Crippen MR) is 98.6 cm³/mol. The van der Waals surface area contributed by atoms with Crippen molar-refractivity contribution in [2.45, 2.75) is 63.5 Å². The number of hydrogen-bond acceptors (Lipinski definition) is 3. The second-order valence-electron chi connectivity index (χ2n) is 7.65. The van der Waals surface area contributed by atoms with E-state index in [1.165, 1.54) is 25.7 Å². The standard InChI is InChI=1S/C20H27N3O2/c24-19-10-3-4-11-23(19)16-8-5-7-15(13-16)21-20(25)18-12-14-6-1-2-9-17(14)22-18/h5,7-8,13-14,17-18,22H,1-4,6,9-12H2,(H,21,25). The van der Waals surface area contributed by atoms with Crippen molar-refractivity contribution >= 4 is 23.2 Å². The van der Waals surface area contributed by atoms with E-state index >= 15 is 0 Å². The number of nitrogens with zero attached hydrogens (tertiary/aromatic N) is 1. The molecule has 25 heavy (non-hydrogen) atoms. The Morgan fingerprint density at radius 2 is 2.04 bits per heavy atom. The highest BCUT2D eigenvalue weighted by Crippen LogP contribution is 2.33. The molecule has 3 atom stereocenters. The van der Waals surface area contributed by atoms with Crippen molar-refractivity contribution in [3.63, 3.8) is 0 Å². The zero-order chi connectivity index (χ0) is 17.2. The molecule has 2 saturated heterocycles. The van der Waals surface area contributed by atoms with E-state index < -0.39 is 0 Å². The number of anilines is 2. The lowest BCUT2D eigenvalue weighted by molar-refractivity contribution is -0.119. The van der Waals surface area contributed by atoms with Crippen LogP contribution in [0.3, 0.4) is 0 Å². The number of amides is 2. The van der Waals surface area contributed by atoms with Crippen molar-refractivity contribution in [2.75, 3.05) is 16.8 Å². The lowest BCUT2D eigenvalue weighted by Crippen LogP contribution is -2.40. The van der Waals surface area contributed by atoms with E-state index in [2.05, 4.69) is 10.6 Å².